The molecular weight excluding hydrogens is 196 g/mol. The molecule has 2 bridgehead atoms. The molecule has 1 heteroatoms. The molecule has 0 saturated heterocycles. The molecule has 0 aromatic rings. The van der Waals surface area contributed by atoms with Crippen LogP contribution < -0.4 is 0 Å². The second kappa shape index (κ2) is 3.45. The fourth-order valence-electron chi connectivity index (χ4n) is 3.77. The van der Waals surface area contributed by atoms with Gasteiger partial charge in [0.2, 0.25) is 0 Å². The highest BCUT2D eigenvalue weighted by molar-refractivity contribution is 5.90. The van der Waals surface area contributed by atoms with Crippen molar-refractivity contribution in [3.63, 3.8) is 0 Å². The van der Waals surface area contributed by atoms with Gasteiger partial charge in [-0.15, -0.1) is 6.58 Å². The van der Waals surface area contributed by atoms with Crippen LogP contribution >= 0.6 is 0 Å². The van der Waals surface area contributed by atoms with E-state index in [0.717, 1.165) is 25.2 Å². The Morgan fingerprint density at radius 2 is 2.12 bits per heavy atom. The van der Waals surface area contributed by atoms with Gasteiger partial charge in [-0.05, 0) is 36.5 Å². The van der Waals surface area contributed by atoms with Gasteiger partial charge in [-0.3, -0.25) is 4.79 Å². The average Bonchev–Trinajstić information content (AvgIpc) is 2.21. The van der Waals surface area contributed by atoms with E-state index in [9.17, 15) is 4.79 Å². The first-order valence-electron chi connectivity index (χ1n) is 6.49. The van der Waals surface area contributed by atoms with Crippen molar-refractivity contribution in [2.75, 3.05) is 0 Å². The normalized spacial score (nSPS) is 42.4. The van der Waals surface area contributed by atoms with Crippen molar-refractivity contribution in [1.29, 1.82) is 0 Å². The summed E-state index contributed by atoms with van der Waals surface area (Å²) in [7, 11) is 0. The third-order valence-corrected chi connectivity index (χ3v) is 5.63. The number of fused-ring (bicyclic) bond motifs is 2. The maximum atomic E-state index is 12.6. The van der Waals surface area contributed by atoms with Gasteiger partial charge in [0, 0.05) is 11.3 Å². The van der Waals surface area contributed by atoms with E-state index in [4.69, 9.17) is 0 Å². The highest BCUT2D eigenvalue weighted by Crippen LogP contribution is 2.63. The van der Waals surface area contributed by atoms with Crippen LogP contribution in [0.25, 0.3) is 0 Å². The Kier molecular flexibility index (Phi) is 2.56. The zero-order valence-electron chi connectivity index (χ0n) is 11.0. The van der Waals surface area contributed by atoms with Crippen LogP contribution in [0.2, 0.25) is 0 Å². The molecule has 4 atom stereocenters. The van der Waals surface area contributed by atoms with Gasteiger partial charge in [0.05, 0.1) is 0 Å². The molecule has 90 valence electrons. The maximum absolute atomic E-state index is 12.6. The Hall–Kier alpha value is -0.590. The topological polar surface area (TPSA) is 17.1 Å². The predicted octanol–water partition coefficient (Wildman–Crippen LogP) is 3.84. The van der Waals surface area contributed by atoms with Gasteiger partial charge in [0.25, 0.3) is 0 Å². The number of Topliss-reactive ketones (excluding diaryl/α,β-unsaturated/α-hetero) is 1. The van der Waals surface area contributed by atoms with Gasteiger partial charge < -0.3 is 0 Å². The van der Waals surface area contributed by atoms with Crippen LogP contribution in [0.4, 0.5) is 0 Å². The van der Waals surface area contributed by atoms with Gasteiger partial charge in [-0.25, -0.2) is 0 Å². The number of rotatable bonds is 3. The molecule has 3 saturated carbocycles. The summed E-state index contributed by atoms with van der Waals surface area (Å²) < 4.78 is 0. The molecule has 3 fully saturated rings. The van der Waals surface area contributed by atoms with Crippen molar-refractivity contribution < 1.29 is 4.79 Å². The summed E-state index contributed by atoms with van der Waals surface area (Å²) in [5, 5.41) is 0. The summed E-state index contributed by atoms with van der Waals surface area (Å²) in [6.45, 7) is 12.7. The van der Waals surface area contributed by atoms with Gasteiger partial charge in [0.15, 0.2) is 0 Å². The quantitative estimate of drug-likeness (QED) is 0.660. The monoisotopic (exact) mass is 220 g/mol. The first kappa shape index (κ1) is 11.9. The fourth-order valence-corrected chi connectivity index (χ4v) is 3.77. The van der Waals surface area contributed by atoms with E-state index < -0.39 is 0 Å². The lowest BCUT2D eigenvalue weighted by atomic mass is 9.41. The van der Waals surface area contributed by atoms with Crippen molar-refractivity contribution in [1.82, 2.24) is 0 Å². The van der Waals surface area contributed by atoms with Crippen molar-refractivity contribution in [2.45, 2.75) is 47.0 Å². The van der Waals surface area contributed by atoms with E-state index in [2.05, 4.69) is 34.3 Å². The smallest absolute Gasteiger partial charge is 0.142 e. The second-order valence-electron chi connectivity index (χ2n) is 6.72. The molecule has 3 aliphatic carbocycles. The SMILES string of the molecule is C=CCC(C)C1(C)CC2CC(C1=O)C2(C)C. The van der Waals surface area contributed by atoms with Crippen LogP contribution in [-0.2, 0) is 4.79 Å². The number of carbonyl (C=O) groups is 1. The first-order valence-corrected chi connectivity index (χ1v) is 6.49. The Bertz CT molecular complexity index is 328. The molecule has 3 aliphatic rings. The van der Waals surface area contributed by atoms with Crippen LogP contribution in [-0.4, -0.2) is 5.78 Å². The lowest BCUT2D eigenvalue weighted by Gasteiger charge is -2.61. The minimum atomic E-state index is -0.0860. The van der Waals surface area contributed by atoms with E-state index in [1.807, 2.05) is 6.08 Å². The molecule has 0 spiro atoms. The van der Waals surface area contributed by atoms with Crippen LogP contribution in [0.3, 0.4) is 0 Å². The third-order valence-electron chi connectivity index (χ3n) is 5.63. The molecule has 0 N–H and O–H groups in total. The van der Waals surface area contributed by atoms with Crippen LogP contribution in [0.5, 0.6) is 0 Å². The zero-order chi connectivity index (χ0) is 12.1. The first-order chi connectivity index (χ1) is 7.34. The molecule has 1 nitrogen and oxygen atoms in total. The van der Waals surface area contributed by atoms with Gasteiger partial charge in [-0.1, -0.05) is 33.8 Å². The Balaban J connectivity index is 2.21. The summed E-state index contributed by atoms with van der Waals surface area (Å²) in [6.07, 6.45) is 5.14. The minimum absolute atomic E-state index is 0.0860. The van der Waals surface area contributed by atoms with Gasteiger partial charge in [0.1, 0.15) is 5.78 Å². The van der Waals surface area contributed by atoms with Gasteiger partial charge in [-0.2, -0.15) is 0 Å². The van der Waals surface area contributed by atoms with Crippen LogP contribution in [0.15, 0.2) is 12.7 Å². The predicted molar refractivity (Wildman–Crippen MR) is 67.1 cm³/mol. The maximum Gasteiger partial charge on any atom is 0.142 e. The van der Waals surface area contributed by atoms with Crippen molar-refractivity contribution >= 4 is 5.78 Å². The minimum Gasteiger partial charge on any atom is -0.299 e. The highest BCUT2D eigenvalue weighted by atomic mass is 16.1. The molecule has 0 heterocycles. The Labute approximate surface area is 99.3 Å². The molecule has 4 unspecified atom stereocenters. The van der Waals surface area contributed by atoms with Crippen molar-refractivity contribution in [2.24, 2.45) is 28.6 Å². The van der Waals surface area contributed by atoms with Crippen LogP contribution in [0, 0.1) is 28.6 Å². The summed E-state index contributed by atoms with van der Waals surface area (Å²) in [6, 6.07) is 0. The molecular formula is C15H24O. The second-order valence-corrected chi connectivity index (χ2v) is 6.72. The molecule has 0 aromatic carbocycles. The zero-order valence-corrected chi connectivity index (χ0v) is 11.0. The van der Waals surface area contributed by atoms with Crippen molar-refractivity contribution in [3.05, 3.63) is 12.7 Å². The average molecular weight is 220 g/mol. The Morgan fingerprint density at radius 3 is 2.56 bits per heavy atom. The van der Waals surface area contributed by atoms with E-state index in [-0.39, 0.29) is 10.8 Å². The lowest BCUT2D eigenvalue weighted by molar-refractivity contribution is -0.172. The molecule has 16 heavy (non-hydrogen) atoms. The Morgan fingerprint density at radius 1 is 1.50 bits per heavy atom. The molecule has 0 radical (unpaired) electrons. The van der Waals surface area contributed by atoms with E-state index >= 15 is 0 Å². The highest BCUT2D eigenvalue weighted by Gasteiger charge is 2.62. The van der Waals surface area contributed by atoms with Gasteiger partial charge >= 0.3 is 0 Å². The van der Waals surface area contributed by atoms with E-state index in [1.165, 1.54) is 0 Å². The molecule has 3 rings (SSSR count). The number of hydrogen-bond donors (Lipinski definition) is 0. The van der Waals surface area contributed by atoms with Crippen molar-refractivity contribution in [3.8, 4) is 0 Å². The summed E-state index contributed by atoms with van der Waals surface area (Å²) >= 11 is 0. The number of carbonyl (C=O) groups excluding carboxylic acids is 1. The molecule has 0 amide bonds. The molecule has 0 aromatic heterocycles. The summed E-state index contributed by atoms with van der Waals surface area (Å²) in [4.78, 5) is 12.6. The number of hydrogen-bond acceptors (Lipinski definition) is 1. The van der Waals surface area contributed by atoms with E-state index in [1.54, 1.807) is 0 Å². The largest absolute Gasteiger partial charge is 0.299 e. The fraction of sp³-hybridized carbons (Fsp3) is 0.800. The van der Waals surface area contributed by atoms with E-state index in [0.29, 0.717) is 17.6 Å². The number of ketones is 1. The third kappa shape index (κ3) is 1.33. The summed E-state index contributed by atoms with van der Waals surface area (Å²) in [5.41, 5.74) is 0.182. The standard InChI is InChI=1S/C15H24O/c1-6-7-10(2)15(5)9-11-8-12(13(15)16)14(11,3)4/h6,10-12H,1,7-9H2,2-5H3. The lowest BCUT2D eigenvalue weighted by Crippen LogP contribution is -2.61. The number of allylic oxidation sites excluding steroid dienone is 1. The molecule has 0 aliphatic heterocycles. The van der Waals surface area contributed by atoms with Crippen LogP contribution in [0.1, 0.15) is 47.0 Å². The summed E-state index contributed by atoms with van der Waals surface area (Å²) in [5.74, 6) is 2.05.